The van der Waals surface area contributed by atoms with E-state index in [4.69, 9.17) is 4.74 Å². The number of nitrogens with zero attached hydrogens (tertiary/aromatic N) is 3. The summed E-state index contributed by atoms with van der Waals surface area (Å²) < 4.78 is 6.70. The Bertz CT molecular complexity index is 1470. The minimum absolute atomic E-state index is 0.0283. The second-order valence-corrected chi connectivity index (χ2v) is 9.68. The molecule has 2 aliphatic rings. The Balaban J connectivity index is 1.30. The summed E-state index contributed by atoms with van der Waals surface area (Å²) in [6, 6.07) is 10.8. The van der Waals surface area contributed by atoms with Crippen molar-refractivity contribution in [1.82, 2.24) is 20.0 Å². The standard InChI is InChI=1S/C27H28N4O7/c1-15-23-10-16(25(34)31-17-7-8-18(31)14-38-13-17)6-9-21(23)26(35)30(29-15)12-19(32)11-28-24(33)20-4-2-3-5-22(20)27(36)37/h2-6,9-10,17-19,32H,7-8,11-14H2,1H3,(H,28,33)(H,36,37)/t17?,18?,19-/m0/s1. The van der Waals surface area contributed by atoms with E-state index in [-0.39, 0.29) is 42.2 Å². The molecule has 2 aromatic carbocycles. The first-order valence-corrected chi connectivity index (χ1v) is 12.4. The topological polar surface area (TPSA) is 151 Å². The zero-order valence-electron chi connectivity index (χ0n) is 20.8. The molecule has 5 rings (SSSR count). The summed E-state index contributed by atoms with van der Waals surface area (Å²) in [7, 11) is 0. The first-order valence-electron chi connectivity index (χ1n) is 12.4. The largest absolute Gasteiger partial charge is 0.478 e. The molecule has 0 saturated carbocycles. The lowest BCUT2D eigenvalue weighted by atomic mass is 10.1. The predicted molar refractivity (Wildman–Crippen MR) is 136 cm³/mol. The maximum atomic E-state index is 13.3. The molecule has 3 atom stereocenters. The Hall–Kier alpha value is -4.09. The number of hydrogen-bond donors (Lipinski definition) is 3. The molecule has 11 heteroatoms. The van der Waals surface area contributed by atoms with Gasteiger partial charge in [-0.05, 0) is 50.1 Å². The lowest BCUT2D eigenvalue weighted by molar-refractivity contribution is -0.00715. The van der Waals surface area contributed by atoms with Crippen LogP contribution in [0.2, 0.25) is 0 Å². The molecule has 2 aliphatic heterocycles. The van der Waals surface area contributed by atoms with Crippen LogP contribution in [0, 0.1) is 6.92 Å². The SMILES string of the molecule is Cc1nn(C[C@@H](O)CNC(=O)c2ccccc2C(=O)O)c(=O)c2ccc(C(=O)N3C4CCC3COC4)cc12. The van der Waals surface area contributed by atoms with Gasteiger partial charge in [-0.15, -0.1) is 0 Å². The first kappa shape index (κ1) is 25.6. The highest BCUT2D eigenvalue weighted by Gasteiger charge is 2.40. The smallest absolute Gasteiger partial charge is 0.336 e. The summed E-state index contributed by atoms with van der Waals surface area (Å²) in [4.78, 5) is 52.1. The number of fused-ring (bicyclic) bond motifs is 3. The maximum absolute atomic E-state index is 13.3. The molecule has 2 amide bonds. The van der Waals surface area contributed by atoms with Gasteiger partial charge >= 0.3 is 5.97 Å². The number of aliphatic hydroxyl groups excluding tert-OH is 1. The van der Waals surface area contributed by atoms with Crippen LogP contribution in [0.25, 0.3) is 10.8 Å². The highest BCUT2D eigenvalue weighted by Crippen LogP contribution is 2.31. The molecule has 2 fully saturated rings. The number of ether oxygens (including phenoxy) is 1. The molecule has 0 radical (unpaired) electrons. The number of benzene rings is 2. The molecule has 3 heterocycles. The summed E-state index contributed by atoms with van der Waals surface area (Å²) in [6.45, 7) is 2.40. The lowest BCUT2D eigenvalue weighted by Gasteiger charge is -2.34. The first-order chi connectivity index (χ1) is 18.2. The fraction of sp³-hybridized carbons (Fsp3) is 0.370. The van der Waals surface area contributed by atoms with Crippen molar-refractivity contribution in [2.24, 2.45) is 0 Å². The number of hydrogen-bond acceptors (Lipinski definition) is 7. The van der Waals surface area contributed by atoms with E-state index in [1.54, 1.807) is 31.2 Å². The van der Waals surface area contributed by atoms with Crippen LogP contribution in [0.4, 0.5) is 0 Å². The monoisotopic (exact) mass is 520 g/mol. The van der Waals surface area contributed by atoms with Crippen molar-refractivity contribution in [3.63, 3.8) is 0 Å². The molecule has 38 heavy (non-hydrogen) atoms. The lowest BCUT2D eigenvalue weighted by Crippen LogP contribution is -2.49. The Morgan fingerprint density at radius 1 is 1.08 bits per heavy atom. The van der Waals surface area contributed by atoms with Crippen LogP contribution in [0.15, 0.2) is 47.3 Å². The van der Waals surface area contributed by atoms with Crippen molar-refractivity contribution in [3.05, 3.63) is 75.2 Å². The molecule has 3 N–H and O–H groups in total. The summed E-state index contributed by atoms with van der Waals surface area (Å²) in [5.41, 5.74) is 0.396. The number of aryl methyl sites for hydroxylation is 1. The third-order valence-corrected chi connectivity index (χ3v) is 7.15. The Labute approximate surface area is 217 Å². The number of carboxylic acid groups (broad SMARTS) is 1. The summed E-state index contributed by atoms with van der Waals surface area (Å²) in [5.74, 6) is -1.97. The number of aromatic carboxylic acids is 1. The highest BCUT2D eigenvalue weighted by atomic mass is 16.5. The van der Waals surface area contributed by atoms with Crippen molar-refractivity contribution < 1.29 is 29.3 Å². The van der Waals surface area contributed by atoms with Crippen LogP contribution in [0.3, 0.4) is 0 Å². The van der Waals surface area contributed by atoms with Gasteiger partial charge in [-0.1, -0.05) is 12.1 Å². The van der Waals surface area contributed by atoms with Crippen molar-refractivity contribution >= 4 is 28.6 Å². The van der Waals surface area contributed by atoms with Gasteiger partial charge < -0.3 is 25.2 Å². The molecular weight excluding hydrogens is 492 g/mol. The van der Waals surface area contributed by atoms with E-state index >= 15 is 0 Å². The van der Waals surface area contributed by atoms with Gasteiger partial charge in [0.05, 0.1) is 60.2 Å². The van der Waals surface area contributed by atoms with Gasteiger partial charge in [-0.2, -0.15) is 5.10 Å². The van der Waals surface area contributed by atoms with E-state index < -0.39 is 23.5 Å². The molecule has 3 aromatic rings. The Morgan fingerprint density at radius 3 is 2.45 bits per heavy atom. The van der Waals surface area contributed by atoms with Gasteiger partial charge in [0.15, 0.2) is 0 Å². The van der Waals surface area contributed by atoms with E-state index in [1.807, 2.05) is 4.90 Å². The number of amides is 2. The van der Waals surface area contributed by atoms with E-state index in [0.29, 0.717) is 35.2 Å². The molecule has 0 spiro atoms. The number of aliphatic hydroxyl groups is 1. The van der Waals surface area contributed by atoms with Gasteiger partial charge in [0.25, 0.3) is 17.4 Å². The fourth-order valence-corrected chi connectivity index (χ4v) is 5.25. The van der Waals surface area contributed by atoms with Crippen molar-refractivity contribution in [1.29, 1.82) is 0 Å². The molecule has 2 unspecified atom stereocenters. The molecular formula is C27H28N4O7. The van der Waals surface area contributed by atoms with Crippen LogP contribution < -0.4 is 10.9 Å². The number of carbonyl (C=O) groups is 3. The normalized spacial score (nSPS) is 19.4. The zero-order valence-corrected chi connectivity index (χ0v) is 20.8. The summed E-state index contributed by atoms with van der Waals surface area (Å²) in [6.07, 6.45) is 0.685. The van der Waals surface area contributed by atoms with Gasteiger partial charge in [0, 0.05) is 17.5 Å². The third kappa shape index (κ3) is 4.77. The molecule has 0 aliphatic carbocycles. The number of aromatic nitrogens is 2. The fourth-order valence-electron chi connectivity index (χ4n) is 5.25. The molecule has 11 nitrogen and oxygen atoms in total. The number of carboxylic acids is 1. The Kier molecular flexibility index (Phi) is 6.96. The van der Waals surface area contributed by atoms with E-state index in [0.717, 1.165) is 17.5 Å². The average Bonchev–Trinajstić information content (AvgIpc) is 3.17. The molecule has 2 bridgehead atoms. The second-order valence-electron chi connectivity index (χ2n) is 9.68. The minimum Gasteiger partial charge on any atom is -0.478 e. The molecule has 2 saturated heterocycles. The Morgan fingerprint density at radius 2 is 1.76 bits per heavy atom. The van der Waals surface area contributed by atoms with Gasteiger partial charge in [0.2, 0.25) is 0 Å². The van der Waals surface area contributed by atoms with Gasteiger partial charge in [-0.25, -0.2) is 9.48 Å². The van der Waals surface area contributed by atoms with Crippen molar-refractivity contribution in [3.8, 4) is 0 Å². The summed E-state index contributed by atoms with van der Waals surface area (Å²) in [5, 5.41) is 27.5. The number of carbonyl (C=O) groups excluding carboxylic acids is 2. The van der Waals surface area contributed by atoms with E-state index in [2.05, 4.69) is 10.4 Å². The maximum Gasteiger partial charge on any atom is 0.336 e. The quantitative estimate of drug-likeness (QED) is 0.420. The van der Waals surface area contributed by atoms with Crippen molar-refractivity contribution in [2.75, 3.05) is 19.8 Å². The number of morpholine rings is 1. The minimum atomic E-state index is -1.24. The summed E-state index contributed by atoms with van der Waals surface area (Å²) >= 11 is 0. The molecule has 198 valence electrons. The van der Waals surface area contributed by atoms with E-state index in [1.165, 1.54) is 18.2 Å². The van der Waals surface area contributed by atoms with Crippen LogP contribution in [-0.4, -0.2) is 80.6 Å². The molecule has 1 aromatic heterocycles. The average molecular weight is 521 g/mol. The number of nitrogens with one attached hydrogen (secondary N) is 1. The van der Waals surface area contributed by atoms with Crippen LogP contribution >= 0.6 is 0 Å². The van der Waals surface area contributed by atoms with Crippen molar-refractivity contribution in [2.45, 2.75) is 44.5 Å². The van der Waals surface area contributed by atoms with Gasteiger partial charge in [-0.3, -0.25) is 14.4 Å². The highest BCUT2D eigenvalue weighted by molar-refractivity contribution is 6.04. The van der Waals surface area contributed by atoms with Gasteiger partial charge in [0.1, 0.15) is 0 Å². The van der Waals surface area contributed by atoms with Crippen LogP contribution in [0.1, 0.15) is 49.6 Å². The zero-order chi connectivity index (χ0) is 27.0. The number of rotatable bonds is 7. The predicted octanol–water partition coefficient (Wildman–Crippen LogP) is 1.20. The van der Waals surface area contributed by atoms with E-state index in [9.17, 15) is 29.4 Å². The second kappa shape index (κ2) is 10.3. The third-order valence-electron chi connectivity index (χ3n) is 7.15. The van der Waals surface area contributed by atoms with Crippen LogP contribution in [-0.2, 0) is 11.3 Å². The van der Waals surface area contributed by atoms with Crippen LogP contribution in [0.5, 0.6) is 0 Å².